The van der Waals surface area contributed by atoms with Crippen LogP contribution in [0.3, 0.4) is 0 Å². The normalized spacial score (nSPS) is 14.1. The number of halogens is 1. The molecule has 0 aromatic heterocycles. The topological polar surface area (TPSA) is 72.2 Å². The number of benzene rings is 1. The van der Waals surface area contributed by atoms with E-state index in [0.717, 1.165) is 0 Å². The van der Waals surface area contributed by atoms with Crippen LogP contribution in [0.25, 0.3) is 0 Å². The number of rotatable bonds is 5. The molecule has 0 saturated carbocycles. The molecule has 0 aliphatic rings. The molecule has 1 aromatic rings. The molecule has 2 atom stereocenters. The summed E-state index contributed by atoms with van der Waals surface area (Å²) in [5.74, 6) is -0.547. The van der Waals surface area contributed by atoms with Crippen LogP contribution < -0.4 is 11.1 Å². The zero-order valence-electron chi connectivity index (χ0n) is 9.48. The van der Waals surface area contributed by atoms with E-state index in [1.807, 2.05) is 0 Å². The van der Waals surface area contributed by atoms with Gasteiger partial charge >= 0.3 is 0 Å². The Labute approximate surface area is 102 Å². The predicted molar refractivity (Wildman–Crippen MR) is 66.6 cm³/mol. The number of nitrogens with one attached hydrogen (secondary N) is 1. The lowest BCUT2D eigenvalue weighted by Crippen LogP contribution is -2.28. The molecule has 3 N–H and O–H groups in total. The van der Waals surface area contributed by atoms with Crippen molar-refractivity contribution in [2.75, 3.05) is 16.8 Å². The molecule has 6 heteroatoms. The van der Waals surface area contributed by atoms with Crippen LogP contribution in [0.2, 0.25) is 0 Å². The van der Waals surface area contributed by atoms with Gasteiger partial charge in [-0.3, -0.25) is 9.00 Å². The van der Waals surface area contributed by atoms with Crippen LogP contribution in [0.4, 0.5) is 10.1 Å². The van der Waals surface area contributed by atoms with E-state index in [2.05, 4.69) is 5.32 Å². The molecule has 4 nitrogen and oxygen atoms in total. The second-order valence-electron chi connectivity index (χ2n) is 3.78. The Balaban J connectivity index is 2.44. The van der Waals surface area contributed by atoms with Crippen LogP contribution in [0, 0.1) is 5.82 Å². The highest BCUT2D eigenvalue weighted by Crippen LogP contribution is 2.08. The third-order valence-electron chi connectivity index (χ3n) is 1.87. The molecule has 0 aliphatic heterocycles. The fourth-order valence-electron chi connectivity index (χ4n) is 1.23. The first kappa shape index (κ1) is 13.8. The Morgan fingerprint density at radius 2 is 2.06 bits per heavy atom. The van der Waals surface area contributed by atoms with Gasteiger partial charge in [0.05, 0.1) is 0 Å². The smallest absolute Gasteiger partial charge is 0.236 e. The summed E-state index contributed by atoms with van der Waals surface area (Å²) in [6.45, 7) is 1.73. The van der Waals surface area contributed by atoms with Gasteiger partial charge in [0.2, 0.25) is 5.91 Å². The lowest BCUT2D eigenvalue weighted by atomic mass is 10.3. The molecule has 1 amide bonds. The van der Waals surface area contributed by atoms with Crippen LogP contribution in [0.5, 0.6) is 0 Å². The second-order valence-corrected chi connectivity index (χ2v) is 5.28. The van der Waals surface area contributed by atoms with Crippen molar-refractivity contribution in [3.63, 3.8) is 0 Å². The SMILES string of the molecule is CC(N)CS(=O)CC(=O)Nc1ccc(F)cc1. The Bertz CT molecular complexity index is 406. The molecule has 0 heterocycles. The quantitative estimate of drug-likeness (QED) is 0.822. The standard InChI is InChI=1S/C11H15FN2O2S/c1-8(13)6-17(16)7-11(15)14-10-4-2-9(12)3-5-10/h2-5,8H,6-7,13H2,1H3,(H,14,15). The molecule has 0 fully saturated rings. The highest BCUT2D eigenvalue weighted by atomic mass is 32.2. The van der Waals surface area contributed by atoms with Gasteiger partial charge < -0.3 is 11.1 Å². The Hall–Kier alpha value is -1.27. The molecule has 0 spiro atoms. The van der Waals surface area contributed by atoms with Crippen molar-refractivity contribution in [2.24, 2.45) is 5.73 Å². The Morgan fingerprint density at radius 1 is 1.47 bits per heavy atom. The highest BCUT2D eigenvalue weighted by molar-refractivity contribution is 7.85. The summed E-state index contributed by atoms with van der Waals surface area (Å²) in [5.41, 5.74) is 5.95. The molecule has 1 rings (SSSR count). The van der Waals surface area contributed by atoms with E-state index in [1.54, 1.807) is 6.92 Å². The van der Waals surface area contributed by atoms with Crippen molar-refractivity contribution in [3.05, 3.63) is 30.1 Å². The van der Waals surface area contributed by atoms with Crippen LogP contribution in [0.15, 0.2) is 24.3 Å². The van der Waals surface area contributed by atoms with Crippen LogP contribution in [-0.4, -0.2) is 27.7 Å². The minimum Gasteiger partial charge on any atom is -0.327 e. The van der Waals surface area contributed by atoms with Crippen molar-refractivity contribution >= 4 is 22.4 Å². The number of amides is 1. The van der Waals surface area contributed by atoms with Crippen molar-refractivity contribution in [1.82, 2.24) is 0 Å². The molecule has 17 heavy (non-hydrogen) atoms. The monoisotopic (exact) mass is 258 g/mol. The average molecular weight is 258 g/mol. The largest absolute Gasteiger partial charge is 0.327 e. The van der Waals surface area contributed by atoms with Crippen LogP contribution in [0.1, 0.15) is 6.92 Å². The first-order chi connectivity index (χ1) is 7.97. The van der Waals surface area contributed by atoms with Gasteiger partial charge in [-0.05, 0) is 31.2 Å². The van der Waals surface area contributed by atoms with Gasteiger partial charge in [0.1, 0.15) is 11.6 Å². The fraction of sp³-hybridized carbons (Fsp3) is 0.364. The number of carbonyl (C=O) groups is 1. The highest BCUT2D eigenvalue weighted by Gasteiger charge is 2.09. The summed E-state index contributed by atoms with van der Waals surface area (Å²) in [6.07, 6.45) is 0. The molecule has 94 valence electrons. The summed E-state index contributed by atoms with van der Waals surface area (Å²) in [4.78, 5) is 11.5. The Morgan fingerprint density at radius 3 is 2.59 bits per heavy atom. The molecule has 2 unspecified atom stereocenters. The van der Waals surface area contributed by atoms with Gasteiger partial charge in [-0.15, -0.1) is 0 Å². The minimum atomic E-state index is -1.27. The van der Waals surface area contributed by atoms with Crippen molar-refractivity contribution < 1.29 is 13.4 Å². The maximum atomic E-state index is 12.6. The molecular formula is C11H15FN2O2S. The summed E-state index contributed by atoms with van der Waals surface area (Å²) >= 11 is 0. The van der Waals surface area contributed by atoms with Gasteiger partial charge in [0.15, 0.2) is 0 Å². The van der Waals surface area contributed by atoms with Gasteiger partial charge in [0.25, 0.3) is 0 Å². The van der Waals surface area contributed by atoms with E-state index in [1.165, 1.54) is 24.3 Å². The molecule has 1 aromatic carbocycles. The fourth-order valence-corrected chi connectivity index (χ4v) is 2.30. The lowest BCUT2D eigenvalue weighted by Gasteiger charge is -2.06. The summed E-state index contributed by atoms with van der Waals surface area (Å²) in [7, 11) is -1.27. The van der Waals surface area contributed by atoms with E-state index in [9.17, 15) is 13.4 Å². The second kappa shape index (κ2) is 6.46. The van der Waals surface area contributed by atoms with Gasteiger partial charge in [-0.1, -0.05) is 0 Å². The molecule has 0 bridgehead atoms. The summed E-state index contributed by atoms with van der Waals surface area (Å²) < 4.78 is 24.0. The Kier molecular flexibility index (Phi) is 5.24. The van der Waals surface area contributed by atoms with Crippen LogP contribution in [-0.2, 0) is 15.6 Å². The maximum Gasteiger partial charge on any atom is 0.236 e. The van der Waals surface area contributed by atoms with Crippen molar-refractivity contribution in [2.45, 2.75) is 13.0 Å². The van der Waals surface area contributed by atoms with E-state index in [-0.39, 0.29) is 29.3 Å². The van der Waals surface area contributed by atoms with Crippen LogP contribution >= 0.6 is 0 Å². The van der Waals surface area contributed by atoms with Crippen molar-refractivity contribution in [3.8, 4) is 0 Å². The number of hydrogen-bond acceptors (Lipinski definition) is 3. The number of carbonyl (C=O) groups excluding carboxylic acids is 1. The van der Waals surface area contributed by atoms with E-state index < -0.39 is 10.8 Å². The van der Waals surface area contributed by atoms with Crippen molar-refractivity contribution in [1.29, 1.82) is 0 Å². The third-order valence-corrected chi connectivity index (χ3v) is 3.35. The van der Waals surface area contributed by atoms with E-state index in [0.29, 0.717) is 5.69 Å². The van der Waals surface area contributed by atoms with Gasteiger partial charge in [-0.25, -0.2) is 4.39 Å². The number of nitrogens with two attached hydrogens (primary N) is 1. The summed E-state index contributed by atoms with van der Waals surface area (Å²) in [5, 5.41) is 2.53. The predicted octanol–water partition coefficient (Wildman–Crippen LogP) is 0.860. The molecule has 0 aliphatic carbocycles. The summed E-state index contributed by atoms with van der Waals surface area (Å²) in [6, 6.07) is 5.18. The molecule has 0 radical (unpaired) electrons. The zero-order valence-corrected chi connectivity index (χ0v) is 10.3. The zero-order chi connectivity index (χ0) is 12.8. The third kappa shape index (κ3) is 5.55. The first-order valence-corrected chi connectivity index (χ1v) is 6.62. The molecular weight excluding hydrogens is 243 g/mol. The average Bonchev–Trinajstić information content (AvgIpc) is 2.19. The van der Waals surface area contributed by atoms with E-state index >= 15 is 0 Å². The lowest BCUT2D eigenvalue weighted by molar-refractivity contribution is -0.113. The van der Waals surface area contributed by atoms with E-state index in [4.69, 9.17) is 5.73 Å². The maximum absolute atomic E-state index is 12.6. The minimum absolute atomic E-state index is 0.0983. The number of anilines is 1. The molecule has 0 saturated heterocycles. The number of hydrogen-bond donors (Lipinski definition) is 2. The van der Waals surface area contributed by atoms with Gasteiger partial charge in [-0.2, -0.15) is 0 Å². The van der Waals surface area contributed by atoms with Gasteiger partial charge in [0, 0.05) is 28.3 Å². The first-order valence-electron chi connectivity index (χ1n) is 5.13.